The molecule has 0 radical (unpaired) electrons. The minimum Gasteiger partial charge on any atom is -0.494 e. The first-order valence-corrected chi connectivity index (χ1v) is 18.4. The smallest absolute Gasteiger partial charge is 0.264 e. The maximum absolute atomic E-state index is 14.7. The number of amides is 2. The molecule has 11 heteroatoms. The van der Waals surface area contributed by atoms with E-state index in [4.69, 9.17) is 16.3 Å². The molecule has 258 valence electrons. The average Bonchev–Trinajstić information content (AvgIpc) is 3.11. The number of hydrogen-bond donors (Lipinski definition) is 1. The van der Waals surface area contributed by atoms with Crippen LogP contribution in [0.2, 0.25) is 5.02 Å². The lowest BCUT2D eigenvalue weighted by Gasteiger charge is -2.35. The number of rotatable bonds is 14. The van der Waals surface area contributed by atoms with Gasteiger partial charge in [-0.15, -0.1) is 0 Å². The Morgan fingerprint density at radius 1 is 0.898 bits per heavy atom. The standard InChI is InChI=1S/C38H41ClFN3O5S/c1-2-48-33-21-19-32(20-22-33)43(49(46,47)34-23-17-30(40)18-24-34)27-37(44)42(26-29-13-9-10-16-35(29)39)36(25-28-11-5-3-6-12-28)38(45)41-31-14-7-4-8-15-31/h3,5-6,9-13,16-24,31,36H,2,4,7-8,14-15,25-27H2,1H3,(H,41,45). The van der Waals surface area contributed by atoms with Crippen molar-refractivity contribution in [2.75, 3.05) is 17.5 Å². The molecule has 0 aromatic heterocycles. The second-order valence-electron chi connectivity index (χ2n) is 12.1. The van der Waals surface area contributed by atoms with Crippen molar-refractivity contribution in [3.8, 4) is 5.75 Å². The number of anilines is 1. The van der Waals surface area contributed by atoms with Crippen LogP contribution in [-0.2, 0) is 32.6 Å². The van der Waals surface area contributed by atoms with E-state index < -0.39 is 34.3 Å². The molecule has 5 rings (SSSR count). The van der Waals surface area contributed by atoms with E-state index in [2.05, 4.69) is 5.32 Å². The van der Waals surface area contributed by atoms with Crippen LogP contribution in [0.1, 0.15) is 50.2 Å². The van der Waals surface area contributed by atoms with Crippen molar-refractivity contribution in [2.45, 2.75) is 69.0 Å². The molecule has 1 aliphatic rings. The average molecular weight is 706 g/mol. The van der Waals surface area contributed by atoms with Crippen LogP contribution in [0.15, 0.2) is 108 Å². The lowest BCUT2D eigenvalue weighted by Crippen LogP contribution is -2.55. The number of hydrogen-bond acceptors (Lipinski definition) is 5. The Labute approximate surface area is 292 Å². The van der Waals surface area contributed by atoms with Gasteiger partial charge < -0.3 is 15.0 Å². The molecule has 1 atom stereocenters. The van der Waals surface area contributed by atoms with E-state index in [1.807, 2.05) is 37.3 Å². The van der Waals surface area contributed by atoms with Crippen molar-refractivity contribution in [3.05, 3.63) is 125 Å². The van der Waals surface area contributed by atoms with Crippen LogP contribution in [-0.4, -0.2) is 50.4 Å². The third kappa shape index (κ3) is 9.39. The van der Waals surface area contributed by atoms with Crippen LogP contribution >= 0.6 is 11.6 Å². The number of carbonyl (C=O) groups is 2. The molecule has 0 bridgehead atoms. The van der Waals surface area contributed by atoms with Crippen LogP contribution in [0.3, 0.4) is 0 Å². The van der Waals surface area contributed by atoms with Gasteiger partial charge in [-0.25, -0.2) is 12.8 Å². The number of nitrogens with zero attached hydrogens (tertiary/aromatic N) is 2. The molecule has 1 unspecified atom stereocenters. The quantitative estimate of drug-likeness (QED) is 0.150. The third-order valence-corrected chi connectivity index (χ3v) is 10.8. The van der Waals surface area contributed by atoms with E-state index in [0.29, 0.717) is 22.9 Å². The van der Waals surface area contributed by atoms with Crippen molar-refractivity contribution in [1.82, 2.24) is 10.2 Å². The fraction of sp³-hybridized carbons (Fsp3) is 0.316. The molecule has 0 saturated heterocycles. The Kier molecular flexibility index (Phi) is 12.3. The summed E-state index contributed by atoms with van der Waals surface area (Å²) < 4.78 is 48.8. The SMILES string of the molecule is CCOc1ccc(N(CC(=O)N(Cc2ccccc2Cl)C(Cc2ccccc2)C(=O)NC2CCCCC2)S(=O)(=O)c2ccc(F)cc2)cc1. The Bertz CT molecular complexity index is 1800. The highest BCUT2D eigenvalue weighted by molar-refractivity contribution is 7.92. The summed E-state index contributed by atoms with van der Waals surface area (Å²) in [6, 6.07) is 26.2. The first kappa shape index (κ1) is 35.9. The van der Waals surface area contributed by atoms with Gasteiger partial charge >= 0.3 is 0 Å². The van der Waals surface area contributed by atoms with Gasteiger partial charge in [0.2, 0.25) is 11.8 Å². The second kappa shape index (κ2) is 16.8. The van der Waals surface area contributed by atoms with Crippen molar-refractivity contribution in [3.63, 3.8) is 0 Å². The highest BCUT2D eigenvalue weighted by Gasteiger charge is 2.35. The van der Waals surface area contributed by atoms with Crippen molar-refractivity contribution >= 4 is 39.1 Å². The number of carbonyl (C=O) groups excluding carboxylic acids is 2. The molecule has 8 nitrogen and oxygen atoms in total. The van der Waals surface area contributed by atoms with Gasteiger partial charge in [-0.3, -0.25) is 13.9 Å². The summed E-state index contributed by atoms with van der Waals surface area (Å²) in [5, 5.41) is 3.60. The number of benzene rings is 4. The highest BCUT2D eigenvalue weighted by Crippen LogP contribution is 2.28. The summed E-state index contributed by atoms with van der Waals surface area (Å²) in [6.45, 7) is 1.57. The molecule has 1 aliphatic carbocycles. The Hall–Kier alpha value is -4.41. The molecule has 4 aromatic rings. The van der Waals surface area contributed by atoms with E-state index in [0.717, 1.165) is 66.2 Å². The Morgan fingerprint density at radius 2 is 1.55 bits per heavy atom. The molecule has 49 heavy (non-hydrogen) atoms. The first-order chi connectivity index (χ1) is 23.7. The van der Waals surface area contributed by atoms with E-state index in [1.54, 1.807) is 48.5 Å². The number of nitrogens with one attached hydrogen (secondary N) is 1. The summed E-state index contributed by atoms with van der Waals surface area (Å²) in [7, 11) is -4.38. The van der Waals surface area contributed by atoms with Gasteiger partial charge in [0.15, 0.2) is 0 Å². The minimum absolute atomic E-state index is 0.0176. The first-order valence-electron chi connectivity index (χ1n) is 16.5. The molecule has 0 heterocycles. The molecule has 0 spiro atoms. The van der Waals surface area contributed by atoms with Crippen LogP contribution in [0.5, 0.6) is 5.75 Å². The predicted octanol–water partition coefficient (Wildman–Crippen LogP) is 7.16. The van der Waals surface area contributed by atoms with Crippen LogP contribution in [0, 0.1) is 5.82 Å². The van der Waals surface area contributed by atoms with Gasteiger partial charge in [0.1, 0.15) is 24.2 Å². The fourth-order valence-electron chi connectivity index (χ4n) is 6.05. The normalized spacial score (nSPS) is 14.1. The summed E-state index contributed by atoms with van der Waals surface area (Å²) in [6.07, 6.45) is 5.03. The summed E-state index contributed by atoms with van der Waals surface area (Å²) in [4.78, 5) is 30.1. The number of sulfonamides is 1. The van der Waals surface area contributed by atoms with Gasteiger partial charge in [-0.2, -0.15) is 0 Å². The number of halogens is 2. The zero-order valence-electron chi connectivity index (χ0n) is 27.4. The maximum Gasteiger partial charge on any atom is 0.264 e. The highest BCUT2D eigenvalue weighted by atomic mass is 35.5. The minimum atomic E-state index is -4.38. The lowest BCUT2D eigenvalue weighted by molar-refractivity contribution is -0.140. The zero-order chi connectivity index (χ0) is 34.8. The van der Waals surface area contributed by atoms with Crippen molar-refractivity contribution in [2.24, 2.45) is 0 Å². The topological polar surface area (TPSA) is 96.0 Å². The molecular weight excluding hydrogens is 665 g/mol. The summed E-state index contributed by atoms with van der Waals surface area (Å²) in [5.41, 5.74) is 1.64. The van der Waals surface area contributed by atoms with Crippen LogP contribution in [0.4, 0.5) is 10.1 Å². The fourth-order valence-corrected chi connectivity index (χ4v) is 7.66. The van der Waals surface area contributed by atoms with Gasteiger partial charge in [0.25, 0.3) is 10.0 Å². The largest absolute Gasteiger partial charge is 0.494 e. The second-order valence-corrected chi connectivity index (χ2v) is 14.3. The van der Waals surface area contributed by atoms with Gasteiger partial charge in [-0.1, -0.05) is 79.4 Å². The number of ether oxygens (including phenoxy) is 1. The van der Waals surface area contributed by atoms with E-state index in [9.17, 15) is 22.4 Å². The van der Waals surface area contributed by atoms with Gasteiger partial charge in [0.05, 0.1) is 17.2 Å². The van der Waals surface area contributed by atoms with Gasteiger partial charge in [0, 0.05) is 24.0 Å². The summed E-state index contributed by atoms with van der Waals surface area (Å²) >= 11 is 6.59. The zero-order valence-corrected chi connectivity index (χ0v) is 29.0. The Morgan fingerprint density at radius 3 is 2.20 bits per heavy atom. The molecule has 1 saturated carbocycles. The molecule has 1 fully saturated rings. The molecule has 2 amide bonds. The van der Waals surface area contributed by atoms with E-state index in [1.165, 1.54) is 4.90 Å². The Balaban J connectivity index is 1.57. The van der Waals surface area contributed by atoms with Crippen molar-refractivity contribution in [1.29, 1.82) is 0 Å². The molecule has 4 aromatic carbocycles. The third-order valence-electron chi connectivity index (χ3n) is 8.64. The van der Waals surface area contributed by atoms with Crippen LogP contribution < -0.4 is 14.4 Å². The van der Waals surface area contributed by atoms with Crippen molar-refractivity contribution < 1.29 is 27.1 Å². The van der Waals surface area contributed by atoms with E-state index >= 15 is 0 Å². The molecule has 1 N–H and O–H groups in total. The monoisotopic (exact) mass is 705 g/mol. The summed E-state index contributed by atoms with van der Waals surface area (Å²) in [5.74, 6) is -0.995. The predicted molar refractivity (Wildman–Crippen MR) is 189 cm³/mol. The lowest BCUT2D eigenvalue weighted by atomic mass is 9.94. The molecular formula is C38H41ClFN3O5S. The van der Waals surface area contributed by atoms with E-state index in [-0.39, 0.29) is 35.5 Å². The maximum atomic E-state index is 14.7. The molecule has 0 aliphatic heterocycles. The van der Waals surface area contributed by atoms with Gasteiger partial charge in [-0.05, 0) is 85.5 Å². The van der Waals surface area contributed by atoms with Crippen LogP contribution in [0.25, 0.3) is 0 Å².